The van der Waals surface area contributed by atoms with Crippen LogP contribution in [0.2, 0.25) is 0 Å². The van der Waals surface area contributed by atoms with Gasteiger partial charge in [-0.05, 0) is 29.8 Å². The number of benzene rings is 2. The first-order valence-corrected chi connectivity index (χ1v) is 8.33. The minimum atomic E-state index is -4.56. The van der Waals surface area contributed by atoms with E-state index in [-0.39, 0.29) is 5.56 Å². The molecule has 0 aromatic heterocycles. The molecule has 0 radical (unpaired) electrons. The highest BCUT2D eigenvalue weighted by molar-refractivity contribution is 7.99. The van der Waals surface area contributed by atoms with Crippen molar-refractivity contribution in [2.24, 2.45) is 0 Å². The zero-order valence-electron chi connectivity index (χ0n) is 13.3. The van der Waals surface area contributed by atoms with Crippen molar-refractivity contribution in [1.82, 2.24) is 5.32 Å². The molecule has 9 heteroatoms. The lowest BCUT2D eigenvalue weighted by Gasteiger charge is -2.22. The number of carbonyl (C=O) groups excluding carboxylic acids is 1. The third-order valence-electron chi connectivity index (χ3n) is 3.29. The van der Waals surface area contributed by atoms with Crippen molar-refractivity contribution < 1.29 is 26.7 Å². The molecule has 2 rings (SSSR count). The molecule has 140 valence electrons. The number of alkyl halides is 5. The van der Waals surface area contributed by atoms with Crippen LogP contribution in [0, 0.1) is 0 Å². The second-order valence-corrected chi connectivity index (χ2v) is 6.28. The summed E-state index contributed by atoms with van der Waals surface area (Å²) in [5.41, 5.74) is 0.305. The van der Waals surface area contributed by atoms with Crippen molar-refractivity contribution in [1.29, 1.82) is 0 Å². The van der Waals surface area contributed by atoms with Gasteiger partial charge in [-0.2, -0.15) is 22.0 Å². The number of amides is 1. The molecule has 1 atom stereocenters. The molecule has 0 saturated heterocycles. The van der Waals surface area contributed by atoms with Crippen LogP contribution in [0.3, 0.4) is 0 Å². The quantitative estimate of drug-likeness (QED) is 0.525. The first kappa shape index (κ1) is 20.2. The molecule has 2 aromatic rings. The second kappa shape index (κ2) is 9.00. The first-order chi connectivity index (χ1) is 12.3. The molecular weight excluding hydrogens is 375 g/mol. The number of halogens is 5. The highest BCUT2D eigenvalue weighted by Gasteiger charge is 2.40. The van der Waals surface area contributed by atoms with Gasteiger partial charge in [-0.15, -0.1) is 0 Å². The van der Waals surface area contributed by atoms with Crippen LogP contribution in [-0.2, 0) is 4.79 Å². The van der Waals surface area contributed by atoms with E-state index in [0.29, 0.717) is 22.3 Å². The number of carbonyl (C=O) groups is 1. The fraction of sp³-hybridized carbons (Fsp3) is 0.235. The van der Waals surface area contributed by atoms with Crippen molar-refractivity contribution in [3.8, 4) is 0 Å². The molecule has 0 fully saturated rings. The molecule has 2 N–H and O–H groups in total. The second-order valence-electron chi connectivity index (χ2n) is 5.22. The van der Waals surface area contributed by atoms with Crippen LogP contribution in [0.25, 0.3) is 0 Å². The molecule has 0 aliphatic carbocycles. The van der Waals surface area contributed by atoms with Crippen molar-refractivity contribution in [3.63, 3.8) is 0 Å². The summed E-state index contributed by atoms with van der Waals surface area (Å²) in [7, 11) is 0. The number of nitrogens with one attached hydrogen (secondary N) is 2. The van der Waals surface area contributed by atoms with Gasteiger partial charge in [-0.1, -0.05) is 42.1 Å². The van der Waals surface area contributed by atoms with Gasteiger partial charge in [0.2, 0.25) is 5.91 Å². The van der Waals surface area contributed by atoms with Crippen LogP contribution in [0.4, 0.5) is 27.6 Å². The maximum Gasteiger partial charge on any atom is 0.407 e. The van der Waals surface area contributed by atoms with Gasteiger partial charge in [-0.25, -0.2) is 0 Å². The largest absolute Gasteiger partial charge is 0.407 e. The topological polar surface area (TPSA) is 41.1 Å². The van der Waals surface area contributed by atoms with Crippen molar-refractivity contribution in [2.75, 3.05) is 11.9 Å². The zero-order valence-corrected chi connectivity index (χ0v) is 14.1. The van der Waals surface area contributed by atoms with Crippen LogP contribution in [0.1, 0.15) is 11.6 Å². The number of hydrogen-bond donors (Lipinski definition) is 2. The van der Waals surface area contributed by atoms with E-state index in [0.717, 1.165) is 0 Å². The molecular formula is C17H15F5N2OS. The number of rotatable bonds is 7. The number of thioether (sulfide) groups is 1. The van der Waals surface area contributed by atoms with Crippen molar-refractivity contribution in [3.05, 3.63) is 60.2 Å². The van der Waals surface area contributed by atoms with Crippen molar-refractivity contribution >= 4 is 23.4 Å². The maximum absolute atomic E-state index is 13.2. The Balaban J connectivity index is 1.94. The molecule has 0 aliphatic heterocycles. The van der Waals surface area contributed by atoms with E-state index in [1.165, 1.54) is 48.5 Å². The first-order valence-electron chi connectivity index (χ1n) is 7.45. The van der Waals surface area contributed by atoms with E-state index in [1.807, 2.05) is 0 Å². The molecule has 0 bridgehead atoms. The summed E-state index contributed by atoms with van der Waals surface area (Å²) in [5, 5.41) is 4.61. The maximum atomic E-state index is 13.2. The third kappa shape index (κ3) is 6.30. The zero-order chi connectivity index (χ0) is 19.2. The Morgan fingerprint density at radius 3 is 2.15 bits per heavy atom. The van der Waals surface area contributed by atoms with E-state index < -0.39 is 30.4 Å². The summed E-state index contributed by atoms with van der Waals surface area (Å²) >= 11 is 0.357. The predicted octanol–water partition coefficient (Wildman–Crippen LogP) is 4.83. The number of anilines is 1. The molecule has 1 unspecified atom stereocenters. The minimum Gasteiger partial charge on any atom is -0.325 e. The molecule has 0 heterocycles. The fourth-order valence-electron chi connectivity index (χ4n) is 2.19. The van der Waals surface area contributed by atoms with E-state index >= 15 is 0 Å². The summed E-state index contributed by atoms with van der Waals surface area (Å²) in [4.78, 5) is 12.2. The van der Waals surface area contributed by atoms with Gasteiger partial charge in [-0.3, -0.25) is 10.1 Å². The SMILES string of the molecule is O=C(CNC(c1ccccc1)C(F)(F)F)Nc1ccc(SC(F)F)cc1. The van der Waals surface area contributed by atoms with Crippen molar-refractivity contribution in [2.45, 2.75) is 22.9 Å². The van der Waals surface area contributed by atoms with Crippen LogP contribution < -0.4 is 10.6 Å². The summed E-state index contributed by atoms with van der Waals surface area (Å²) in [6.07, 6.45) is -4.56. The fourth-order valence-corrected chi connectivity index (χ4v) is 2.69. The molecule has 26 heavy (non-hydrogen) atoms. The molecule has 1 amide bonds. The van der Waals surface area contributed by atoms with Crippen LogP contribution in [0.15, 0.2) is 59.5 Å². The molecule has 0 spiro atoms. The van der Waals surface area contributed by atoms with Crippen LogP contribution in [0.5, 0.6) is 0 Å². The summed E-state index contributed by atoms with van der Waals surface area (Å²) < 4.78 is 64.0. The van der Waals surface area contributed by atoms with E-state index in [9.17, 15) is 26.7 Å². The Kier molecular flexibility index (Phi) is 6.98. The van der Waals surface area contributed by atoms with Gasteiger partial charge in [0.1, 0.15) is 6.04 Å². The Labute approximate surface area is 151 Å². The van der Waals surface area contributed by atoms with Gasteiger partial charge in [0.15, 0.2) is 0 Å². The lowest BCUT2D eigenvalue weighted by molar-refractivity contribution is -0.158. The molecule has 0 saturated carbocycles. The molecule has 2 aromatic carbocycles. The predicted molar refractivity (Wildman–Crippen MR) is 90.2 cm³/mol. The van der Waals surface area contributed by atoms with Gasteiger partial charge in [0, 0.05) is 10.6 Å². The minimum absolute atomic E-state index is 0.00109. The van der Waals surface area contributed by atoms with Crippen LogP contribution >= 0.6 is 11.8 Å². The number of hydrogen-bond acceptors (Lipinski definition) is 3. The highest BCUT2D eigenvalue weighted by Crippen LogP contribution is 2.32. The lowest BCUT2D eigenvalue weighted by atomic mass is 10.1. The van der Waals surface area contributed by atoms with Gasteiger partial charge in [0.25, 0.3) is 5.76 Å². The Bertz CT molecular complexity index is 707. The Morgan fingerprint density at radius 2 is 1.62 bits per heavy atom. The molecule has 3 nitrogen and oxygen atoms in total. The average Bonchev–Trinajstić information content (AvgIpc) is 2.56. The summed E-state index contributed by atoms with van der Waals surface area (Å²) in [6.45, 7) is -0.563. The van der Waals surface area contributed by atoms with E-state index in [4.69, 9.17) is 0 Å². The van der Waals surface area contributed by atoms with Gasteiger partial charge < -0.3 is 5.32 Å². The Morgan fingerprint density at radius 1 is 1.00 bits per heavy atom. The monoisotopic (exact) mass is 390 g/mol. The summed E-state index contributed by atoms with van der Waals surface area (Å²) in [6, 6.07) is 10.8. The Hall–Kier alpha value is -2.13. The highest BCUT2D eigenvalue weighted by atomic mass is 32.2. The molecule has 0 aliphatic rings. The standard InChI is InChI=1S/C17H15F5N2OS/c18-16(19)26-13-8-6-12(7-9-13)24-14(25)10-23-15(17(20,21)22)11-4-2-1-3-5-11/h1-9,15-16,23H,10H2,(H,24,25). The summed E-state index contributed by atoms with van der Waals surface area (Å²) in [5.74, 6) is -3.23. The lowest BCUT2D eigenvalue weighted by Crippen LogP contribution is -2.38. The normalized spacial score (nSPS) is 12.8. The van der Waals surface area contributed by atoms with Crippen LogP contribution in [-0.4, -0.2) is 24.4 Å². The van der Waals surface area contributed by atoms with E-state index in [1.54, 1.807) is 6.07 Å². The third-order valence-corrected chi connectivity index (χ3v) is 4.01. The van der Waals surface area contributed by atoms with Gasteiger partial charge >= 0.3 is 6.18 Å². The van der Waals surface area contributed by atoms with E-state index in [2.05, 4.69) is 10.6 Å². The smallest absolute Gasteiger partial charge is 0.325 e. The average molecular weight is 390 g/mol. The van der Waals surface area contributed by atoms with Gasteiger partial charge in [0.05, 0.1) is 6.54 Å².